The minimum Gasteiger partial charge on any atom is -0.477 e. The Morgan fingerprint density at radius 1 is 1.36 bits per heavy atom. The van der Waals surface area contributed by atoms with E-state index in [1.165, 1.54) is 6.07 Å². The summed E-state index contributed by atoms with van der Waals surface area (Å²) >= 11 is 0. The first-order valence-electron chi connectivity index (χ1n) is 7.39. The molecule has 0 saturated heterocycles. The highest BCUT2D eigenvalue weighted by molar-refractivity contribution is 5.88. The maximum atomic E-state index is 14.7. The molecule has 0 fully saturated rings. The zero-order valence-electron chi connectivity index (χ0n) is 13.6. The van der Waals surface area contributed by atoms with Gasteiger partial charge in [0.25, 0.3) is 5.56 Å². The Hall–Kier alpha value is -2.80. The molecule has 0 aliphatic rings. The smallest absolute Gasteiger partial charge is 0.341 e. The van der Waals surface area contributed by atoms with Crippen LogP contribution in [0, 0.1) is 12.7 Å². The van der Waals surface area contributed by atoms with Crippen LogP contribution >= 0.6 is 12.4 Å². The van der Waals surface area contributed by atoms with E-state index in [1.54, 1.807) is 30.0 Å². The minimum atomic E-state index is -1.33. The van der Waals surface area contributed by atoms with Crippen molar-refractivity contribution in [3.8, 4) is 5.69 Å². The number of aryl methyl sites for hydroxylation is 2. The molecule has 132 valence electrons. The summed E-state index contributed by atoms with van der Waals surface area (Å²) in [5.74, 6) is -1.97. The maximum Gasteiger partial charge on any atom is 0.341 e. The topological polar surface area (TPSA) is 89.7 Å². The van der Waals surface area contributed by atoms with E-state index < -0.39 is 17.3 Å². The molecule has 0 amide bonds. The van der Waals surface area contributed by atoms with Gasteiger partial charge in [-0.05, 0) is 31.0 Å². The van der Waals surface area contributed by atoms with Crippen molar-refractivity contribution in [2.75, 3.05) is 5.73 Å². The van der Waals surface area contributed by atoms with Crippen molar-refractivity contribution in [2.45, 2.75) is 20.3 Å². The van der Waals surface area contributed by atoms with Gasteiger partial charge >= 0.3 is 5.97 Å². The summed E-state index contributed by atoms with van der Waals surface area (Å²) in [5, 5.41) is 9.19. The van der Waals surface area contributed by atoms with Gasteiger partial charge in [-0.1, -0.05) is 6.92 Å². The molecule has 3 aromatic rings. The highest BCUT2D eigenvalue weighted by Gasteiger charge is 2.20. The monoisotopic (exact) mass is 365 g/mol. The van der Waals surface area contributed by atoms with Gasteiger partial charge in [-0.3, -0.25) is 9.20 Å². The molecule has 0 spiro atoms. The average Bonchev–Trinajstić information content (AvgIpc) is 2.94. The number of halogens is 2. The molecular formula is C17H17ClFN3O3. The molecular weight excluding hydrogens is 349 g/mol. The summed E-state index contributed by atoms with van der Waals surface area (Å²) < 4.78 is 17.3. The van der Waals surface area contributed by atoms with Crippen LogP contribution in [-0.2, 0) is 6.42 Å². The van der Waals surface area contributed by atoms with Crippen molar-refractivity contribution >= 4 is 29.6 Å². The molecule has 3 heterocycles. The molecule has 25 heavy (non-hydrogen) atoms. The van der Waals surface area contributed by atoms with E-state index in [4.69, 9.17) is 5.73 Å². The third-order valence-electron chi connectivity index (χ3n) is 4.08. The Labute approximate surface area is 148 Å². The summed E-state index contributed by atoms with van der Waals surface area (Å²) in [6.07, 6.45) is 4.75. The van der Waals surface area contributed by atoms with Gasteiger partial charge in [-0.25, -0.2) is 9.18 Å². The first-order valence-corrected chi connectivity index (χ1v) is 7.39. The third-order valence-corrected chi connectivity index (χ3v) is 4.08. The van der Waals surface area contributed by atoms with Gasteiger partial charge in [0, 0.05) is 23.6 Å². The van der Waals surface area contributed by atoms with Crippen LogP contribution in [-0.4, -0.2) is 20.0 Å². The zero-order chi connectivity index (χ0) is 17.6. The summed E-state index contributed by atoms with van der Waals surface area (Å²) in [6.45, 7) is 3.55. The number of nitrogens with zero attached hydrogens (tertiary/aromatic N) is 2. The molecule has 3 aromatic heterocycles. The van der Waals surface area contributed by atoms with Crippen LogP contribution in [0.1, 0.15) is 28.4 Å². The van der Waals surface area contributed by atoms with Crippen molar-refractivity contribution in [3.63, 3.8) is 0 Å². The summed E-state index contributed by atoms with van der Waals surface area (Å²) in [6, 6.07) is 3.00. The third kappa shape index (κ3) is 2.87. The van der Waals surface area contributed by atoms with E-state index in [9.17, 15) is 19.1 Å². The van der Waals surface area contributed by atoms with Crippen LogP contribution in [0.3, 0.4) is 0 Å². The van der Waals surface area contributed by atoms with E-state index in [0.29, 0.717) is 28.8 Å². The first kappa shape index (κ1) is 18.5. The second-order valence-electron chi connectivity index (χ2n) is 5.57. The predicted octanol–water partition coefficient (Wildman–Crippen LogP) is 2.80. The average molecular weight is 366 g/mol. The Balaban J connectivity index is 0.00000225. The van der Waals surface area contributed by atoms with Gasteiger partial charge in [0.05, 0.1) is 17.4 Å². The van der Waals surface area contributed by atoms with Gasteiger partial charge in [0.15, 0.2) is 5.82 Å². The number of rotatable bonds is 3. The summed E-state index contributed by atoms with van der Waals surface area (Å²) in [5.41, 5.74) is 7.05. The van der Waals surface area contributed by atoms with Gasteiger partial charge in [-0.2, -0.15) is 0 Å². The lowest BCUT2D eigenvalue weighted by atomic mass is 10.0. The Morgan fingerprint density at radius 2 is 2.04 bits per heavy atom. The number of carboxylic acids is 1. The number of aromatic carboxylic acids is 1. The van der Waals surface area contributed by atoms with E-state index in [-0.39, 0.29) is 23.7 Å². The molecule has 3 N–H and O–H groups in total. The number of nitrogens with two attached hydrogens (primary N) is 1. The number of nitrogen functional groups attached to an aromatic ring is 1. The van der Waals surface area contributed by atoms with Crippen molar-refractivity contribution in [1.82, 2.24) is 8.97 Å². The number of anilines is 1. The highest BCUT2D eigenvalue weighted by Crippen LogP contribution is 2.26. The maximum absolute atomic E-state index is 14.7. The van der Waals surface area contributed by atoms with Crippen molar-refractivity contribution in [1.29, 1.82) is 0 Å². The van der Waals surface area contributed by atoms with Crippen molar-refractivity contribution in [2.24, 2.45) is 0 Å². The SMILES string of the molecule is CCc1cc(C(=O)O)c(=O)n2cc(F)c(-n3ccc(N)c3)c(C)c12.Cl. The van der Waals surface area contributed by atoms with Crippen LogP contribution in [0.5, 0.6) is 0 Å². The normalized spacial score (nSPS) is 10.7. The summed E-state index contributed by atoms with van der Waals surface area (Å²) in [7, 11) is 0. The van der Waals surface area contributed by atoms with Gasteiger partial charge < -0.3 is 15.4 Å². The lowest BCUT2D eigenvalue weighted by Gasteiger charge is -2.16. The largest absolute Gasteiger partial charge is 0.477 e. The standard InChI is InChI=1S/C17H16FN3O3.ClH/c1-3-10-6-12(17(23)24)16(22)21-8-13(18)15(9(2)14(10)21)20-5-4-11(19)7-20;/h4-8H,3,19H2,1-2H3,(H,23,24);1H. The van der Waals surface area contributed by atoms with Crippen LogP contribution in [0.4, 0.5) is 10.1 Å². The van der Waals surface area contributed by atoms with Crippen LogP contribution in [0.25, 0.3) is 11.2 Å². The van der Waals surface area contributed by atoms with Crippen molar-refractivity contribution in [3.05, 3.63) is 63.6 Å². The zero-order valence-corrected chi connectivity index (χ0v) is 14.4. The van der Waals surface area contributed by atoms with Gasteiger partial charge in [-0.15, -0.1) is 12.4 Å². The molecule has 0 aliphatic carbocycles. The predicted molar refractivity (Wildman–Crippen MR) is 95.7 cm³/mol. The molecule has 0 bridgehead atoms. The fourth-order valence-corrected chi connectivity index (χ4v) is 2.99. The number of hydrogen-bond acceptors (Lipinski definition) is 3. The van der Waals surface area contributed by atoms with Crippen molar-refractivity contribution < 1.29 is 14.3 Å². The quantitative estimate of drug-likeness (QED) is 0.746. The van der Waals surface area contributed by atoms with Gasteiger partial charge in [0.2, 0.25) is 0 Å². The molecule has 0 saturated carbocycles. The Morgan fingerprint density at radius 3 is 2.56 bits per heavy atom. The lowest BCUT2D eigenvalue weighted by molar-refractivity contribution is 0.0694. The number of pyridine rings is 2. The Kier molecular flexibility index (Phi) is 4.89. The van der Waals surface area contributed by atoms with E-state index >= 15 is 0 Å². The van der Waals surface area contributed by atoms with Crippen LogP contribution in [0.2, 0.25) is 0 Å². The number of carbonyl (C=O) groups is 1. The molecule has 0 radical (unpaired) electrons. The van der Waals surface area contributed by atoms with E-state index in [2.05, 4.69) is 0 Å². The minimum absolute atomic E-state index is 0. The molecule has 3 rings (SSSR count). The lowest BCUT2D eigenvalue weighted by Crippen LogP contribution is -2.24. The highest BCUT2D eigenvalue weighted by atomic mass is 35.5. The van der Waals surface area contributed by atoms with Crippen LogP contribution in [0.15, 0.2) is 35.5 Å². The molecule has 0 atom stereocenters. The molecule has 6 nitrogen and oxygen atoms in total. The Bertz CT molecular complexity index is 1040. The van der Waals surface area contributed by atoms with Gasteiger partial charge in [0.1, 0.15) is 5.56 Å². The number of fused-ring (bicyclic) bond motifs is 1. The number of aromatic nitrogens is 2. The molecule has 0 aromatic carbocycles. The van der Waals surface area contributed by atoms with E-state index in [0.717, 1.165) is 10.6 Å². The molecule has 8 heteroatoms. The second kappa shape index (κ2) is 6.60. The molecule has 0 aliphatic heterocycles. The first-order chi connectivity index (χ1) is 11.3. The number of carboxylic acid groups (broad SMARTS) is 1. The van der Waals surface area contributed by atoms with Crippen LogP contribution < -0.4 is 11.3 Å². The van der Waals surface area contributed by atoms with E-state index in [1.807, 2.05) is 6.92 Å². The summed E-state index contributed by atoms with van der Waals surface area (Å²) in [4.78, 5) is 23.7. The fourth-order valence-electron chi connectivity index (χ4n) is 2.99. The second-order valence-corrected chi connectivity index (χ2v) is 5.57. The molecule has 0 unspecified atom stereocenters. The number of hydrogen-bond donors (Lipinski definition) is 2. The fraction of sp³-hybridized carbons (Fsp3) is 0.176.